The Bertz CT molecular complexity index is 1350. The van der Waals surface area contributed by atoms with E-state index < -0.39 is 11.7 Å². The molecule has 0 aliphatic heterocycles. The van der Waals surface area contributed by atoms with Crippen LogP contribution >= 0.6 is 15.9 Å². The van der Waals surface area contributed by atoms with Gasteiger partial charge in [-0.25, -0.2) is 0 Å². The average Bonchev–Trinajstić information content (AvgIpc) is 3.29. The van der Waals surface area contributed by atoms with E-state index in [0.29, 0.717) is 35.7 Å². The van der Waals surface area contributed by atoms with Gasteiger partial charge >= 0.3 is 6.18 Å². The third-order valence-corrected chi connectivity index (χ3v) is 6.13. The van der Waals surface area contributed by atoms with E-state index in [1.807, 2.05) is 43.3 Å². The number of aromatic nitrogens is 2. The van der Waals surface area contributed by atoms with Gasteiger partial charge in [0.15, 0.2) is 0 Å². The fourth-order valence-corrected chi connectivity index (χ4v) is 4.09. The van der Waals surface area contributed by atoms with Gasteiger partial charge < -0.3 is 14.8 Å². The molecule has 0 saturated carbocycles. The van der Waals surface area contributed by atoms with Crippen molar-refractivity contribution in [3.05, 3.63) is 94.6 Å². The number of rotatable bonds is 7. The zero-order valence-electron chi connectivity index (χ0n) is 19.7. The quantitative estimate of drug-likeness (QED) is 0.291. The van der Waals surface area contributed by atoms with Crippen LogP contribution < -0.4 is 5.32 Å². The first-order chi connectivity index (χ1) is 17.1. The molecule has 2 heterocycles. The number of alkyl halides is 3. The molecule has 0 spiro atoms. The number of hydrogen-bond donors (Lipinski definition) is 1. The minimum absolute atomic E-state index is 0.00442. The number of nitrogens with zero attached hydrogens (tertiary/aromatic N) is 3. The summed E-state index contributed by atoms with van der Waals surface area (Å²) in [5.41, 5.74) is 1.87. The zero-order chi connectivity index (χ0) is 25.9. The maximum absolute atomic E-state index is 14.0. The van der Waals surface area contributed by atoms with Crippen molar-refractivity contribution in [1.29, 1.82) is 0 Å². The van der Waals surface area contributed by atoms with E-state index in [1.165, 1.54) is 18.3 Å². The molecule has 186 valence electrons. The summed E-state index contributed by atoms with van der Waals surface area (Å²) in [6.45, 7) is 1.18. The van der Waals surface area contributed by atoms with E-state index in [0.717, 1.165) is 16.1 Å². The number of benzene rings is 2. The van der Waals surface area contributed by atoms with Crippen LogP contribution in [0.5, 0.6) is 0 Å². The number of carbonyl (C=O) groups is 1. The lowest BCUT2D eigenvalue weighted by Crippen LogP contribution is -2.31. The topological polar surface area (TPSA) is 50.2 Å². The first-order valence-corrected chi connectivity index (χ1v) is 12.0. The Kier molecular flexibility index (Phi) is 7.61. The number of halogens is 4. The molecule has 1 amide bonds. The maximum atomic E-state index is 14.0. The molecule has 9 heteroatoms. The monoisotopic (exact) mass is 556 g/mol. The Balaban J connectivity index is 1.79. The molecule has 2 aromatic carbocycles. The average molecular weight is 557 g/mol. The SMILES string of the molecule is CN(C)CCNC(=O)c1ccc(-c2ccc(-c3ccc(Br)cc3)n2-c2ccccc2C(F)(F)F)nc1. The Hall–Kier alpha value is -3.43. The third-order valence-electron chi connectivity index (χ3n) is 5.60. The van der Waals surface area contributed by atoms with Crippen molar-refractivity contribution >= 4 is 21.8 Å². The lowest BCUT2D eigenvalue weighted by Gasteiger charge is -2.19. The molecule has 0 radical (unpaired) electrons. The van der Waals surface area contributed by atoms with Gasteiger partial charge in [0.2, 0.25) is 0 Å². The summed E-state index contributed by atoms with van der Waals surface area (Å²) in [5, 5.41) is 2.83. The van der Waals surface area contributed by atoms with Crippen molar-refractivity contribution in [2.45, 2.75) is 6.18 Å². The van der Waals surface area contributed by atoms with Crippen molar-refractivity contribution in [3.8, 4) is 28.3 Å². The van der Waals surface area contributed by atoms with Crippen LogP contribution in [0, 0.1) is 0 Å². The number of carbonyl (C=O) groups excluding carboxylic acids is 1. The summed E-state index contributed by atoms with van der Waals surface area (Å²) >= 11 is 3.40. The Morgan fingerprint density at radius 3 is 2.31 bits per heavy atom. The van der Waals surface area contributed by atoms with Crippen molar-refractivity contribution in [2.24, 2.45) is 0 Å². The molecule has 0 atom stereocenters. The Morgan fingerprint density at radius 2 is 1.67 bits per heavy atom. The van der Waals surface area contributed by atoms with Gasteiger partial charge in [0, 0.05) is 23.8 Å². The van der Waals surface area contributed by atoms with Gasteiger partial charge in [0.25, 0.3) is 5.91 Å². The number of amides is 1. The molecule has 0 bridgehead atoms. The standard InChI is InChI=1S/C27H24BrF3N4O/c1-34(2)16-15-32-26(36)19-9-12-22(33-17-19)25-14-13-23(18-7-10-20(28)11-8-18)35(25)24-6-4-3-5-21(24)27(29,30)31/h3-14,17H,15-16H2,1-2H3,(H,32,36). The van der Waals surface area contributed by atoms with Crippen molar-refractivity contribution < 1.29 is 18.0 Å². The zero-order valence-corrected chi connectivity index (χ0v) is 21.3. The molecule has 5 nitrogen and oxygen atoms in total. The van der Waals surface area contributed by atoms with Gasteiger partial charge in [0.05, 0.1) is 33.9 Å². The summed E-state index contributed by atoms with van der Waals surface area (Å²) in [7, 11) is 3.83. The summed E-state index contributed by atoms with van der Waals surface area (Å²) in [4.78, 5) is 18.8. The summed E-state index contributed by atoms with van der Waals surface area (Å²) in [6.07, 6.45) is -3.11. The fourth-order valence-electron chi connectivity index (χ4n) is 3.83. The molecule has 0 aliphatic carbocycles. The molecule has 0 fully saturated rings. The molecule has 36 heavy (non-hydrogen) atoms. The van der Waals surface area contributed by atoms with Crippen LogP contribution in [0.4, 0.5) is 13.2 Å². The number of hydrogen-bond acceptors (Lipinski definition) is 3. The summed E-state index contributed by atoms with van der Waals surface area (Å²) in [6, 6.07) is 19.6. The van der Waals surface area contributed by atoms with Crippen molar-refractivity contribution in [2.75, 3.05) is 27.2 Å². The lowest BCUT2D eigenvalue weighted by atomic mass is 10.1. The molecule has 1 N–H and O–H groups in total. The number of para-hydroxylation sites is 1. The van der Waals surface area contributed by atoms with E-state index in [2.05, 4.69) is 26.2 Å². The number of pyridine rings is 1. The van der Waals surface area contributed by atoms with Crippen LogP contribution in [0.1, 0.15) is 15.9 Å². The van der Waals surface area contributed by atoms with Crippen LogP contribution in [0.25, 0.3) is 28.3 Å². The predicted molar refractivity (Wildman–Crippen MR) is 138 cm³/mol. The fraction of sp³-hybridized carbons (Fsp3) is 0.185. The second-order valence-electron chi connectivity index (χ2n) is 8.45. The first kappa shape index (κ1) is 25.7. The number of likely N-dealkylation sites (N-methyl/N-ethyl adjacent to an activating group) is 1. The van der Waals surface area contributed by atoms with E-state index in [1.54, 1.807) is 34.9 Å². The van der Waals surface area contributed by atoms with Gasteiger partial charge in [-0.2, -0.15) is 13.2 Å². The first-order valence-electron chi connectivity index (χ1n) is 11.2. The van der Waals surface area contributed by atoms with Gasteiger partial charge in [-0.15, -0.1) is 0 Å². The highest BCUT2D eigenvalue weighted by atomic mass is 79.9. The van der Waals surface area contributed by atoms with Crippen LogP contribution in [0.15, 0.2) is 83.5 Å². The third kappa shape index (κ3) is 5.68. The lowest BCUT2D eigenvalue weighted by molar-refractivity contribution is -0.137. The van der Waals surface area contributed by atoms with Crippen LogP contribution in [-0.4, -0.2) is 47.5 Å². The second-order valence-corrected chi connectivity index (χ2v) is 9.37. The van der Waals surface area contributed by atoms with Crippen LogP contribution in [0.3, 0.4) is 0 Å². The highest BCUT2D eigenvalue weighted by Gasteiger charge is 2.34. The van der Waals surface area contributed by atoms with Crippen molar-refractivity contribution in [1.82, 2.24) is 19.8 Å². The van der Waals surface area contributed by atoms with Gasteiger partial charge in [-0.1, -0.05) is 40.2 Å². The molecule has 0 aliphatic rings. The molecule has 4 aromatic rings. The van der Waals surface area contributed by atoms with Crippen molar-refractivity contribution in [3.63, 3.8) is 0 Å². The molecule has 4 rings (SSSR count). The van der Waals surface area contributed by atoms with Gasteiger partial charge in [-0.05, 0) is 68.2 Å². The largest absolute Gasteiger partial charge is 0.418 e. The van der Waals surface area contributed by atoms with Crippen LogP contribution in [-0.2, 0) is 6.18 Å². The van der Waals surface area contributed by atoms with E-state index in [4.69, 9.17) is 0 Å². The second kappa shape index (κ2) is 10.7. The molecule has 0 saturated heterocycles. The molecular weight excluding hydrogens is 533 g/mol. The summed E-state index contributed by atoms with van der Waals surface area (Å²) < 4.78 is 44.3. The van der Waals surface area contributed by atoms with Crippen LogP contribution in [0.2, 0.25) is 0 Å². The van der Waals surface area contributed by atoms with E-state index in [9.17, 15) is 18.0 Å². The minimum Gasteiger partial charge on any atom is -0.351 e. The van der Waals surface area contributed by atoms with Gasteiger partial charge in [-0.3, -0.25) is 9.78 Å². The molecule has 2 aromatic heterocycles. The highest BCUT2D eigenvalue weighted by Crippen LogP contribution is 2.39. The summed E-state index contributed by atoms with van der Waals surface area (Å²) in [5.74, 6) is -0.260. The highest BCUT2D eigenvalue weighted by molar-refractivity contribution is 9.10. The molecular formula is C27H24BrF3N4O. The minimum atomic E-state index is -4.54. The van der Waals surface area contributed by atoms with E-state index >= 15 is 0 Å². The van der Waals surface area contributed by atoms with Gasteiger partial charge in [0.1, 0.15) is 0 Å². The number of nitrogens with one attached hydrogen (secondary N) is 1. The smallest absolute Gasteiger partial charge is 0.351 e. The maximum Gasteiger partial charge on any atom is 0.418 e. The van der Waals surface area contributed by atoms with E-state index in [-0.39, 0.29) is 11.6 Å². The normalized spacial score (nSPS) is 11.6. The Labute approximate surface area is 215 Å². The molecule has 0 unspecified atom stereocenters. The Morgan fingerprint density at radius 1 is 0.972 bits per heavy atom. The predicted octanol–water partition coefficient (Wildman–Crippen LogP) is 6.28.